The molecule has 2 aliphatic rings. The van der Waals surface area contributed by atoms with E-state index in [2.05, 4.69) is 21.7 Å². The second kappa shape index (κ2) is 10.9. The first-order valence-electron chi connectivity index (χ1n) is 9.28. The number of nitrogens with one attached hydrogen (secondary N) is 2. The number of nitrogens with zero attached hydrogens (tertiary/aromatic N) is 1. The molecule has 7 heteroatoms. The molecule has 1 aliphatic heterocycles. The van der Waals surface area contributed by atoms with Crippen molar-refractivity contribution in [3.63, 3.8) is 0 Å². The number of fused-ring (bicyclic) bond motifs is 1. The zero-order valence-electron chi connectivity index (χ0n) is 15.3. The maximum atomic E-state index is 10.1. The predicted octanol–water partition coefficient (Wildman–Crippen LogP) is 2.47. The van der Waals surface area contributed by atoms with Gasteiger partial charge in [-0.05, 0) is 31.7 Å². The van der Waals surface area contributed by atoms with Crippen molar-refractivity contribution in [3.05, 3.63) is 29.8 Å². The van der Waals surface area contributed by atoms with Gasteiger partial charge in [0.05, 0.1) is 31.9 Å². The minimum atomic E-state index is -0.573. The van der Waals surface area contributed by atoms with Gasteiger partial charge in [0.2, 0.25) is 0 Å². The van der Waals surface area contributed by atoms with E-state index in [1.807, 2.05) is 25.1 Å². The number of aliphatic hydroxyl groups excluding tert-OH is 1. The van der Waals surface area contributed by atoms with Gasteiger partial charge in [0.25, 0.3) is 0 Å². The van der Waals surface area contributed by atoms with Crippen LogP contribution in [-0.4, -0.2) is 50.1 Å². The average molecular weight is 475 g/mol. The van der Waals surface area contributed by atoms with Crippen LogP contribution in [0.1, 0.15) is 37.8 Å². The summed E-state index contributed by atoms with van der Waals surface area (Å²) in [7, 11) is 0. The fourth-order valence-electron chi connectivity index (χ4n) is 2.88. The Morgan fingerprint density at radius 1 is 1.35 bits per heavy atom. The molecular formula is C19H30IN3O3. The minimum Gasteiger partial charge on any atom is -0.493 e. The lowest BCUT2D eigenvalue weighted by atomic mass is 10.0. The van der Waals surface area contributed by atoms with E-state index in [1.54, 1.807) is 0 Å². The Morgan fingerprint density at radius 3 is 2.92 bits per heavy atom. The predicted molar refractivity (Wildman–Crippen MR) is 113 cm³/mol. The Bertz CT molecular complexity index is 581. The molecule has 0 spiro atoms. The van der Waals surface area contributed by atoms with Crippen molar-refractivity contribution in [2.24, 2.45) is 10.9 Å². The fourth-order valence-corrected chi connectivity index (χ4v) is 2.88. The van der Waals surface area contributed by atoms with Gasteiger partial charge in [0, 0.05) is 25.1 Å². The number of halogens is 1. The molecule has 1 saturated carbocycles. The maximum absolute atomic E-state index is 10.1. The summed E-state index contributed by atoms with van der Waals surface area (Å²) < 4.78 is 11.2. The van der Waals surface area contributed by atoms with Crippen LogP contribution in [0.5, 0.6) is 5.75 Å². The van der Waals surface area contributed by atoms with Gasteiger partial charge in [0.15, 0.2) is 5.96 Å². The van der Waals surface area contributed by atoms with Crippen LogP contribution in [0.25, 0.3) is 0 Å². The molecule has 3 rings (SSSR count). The van der Waals surface area contributed by atoms with Crippen LogP contribution >= 0.6 is 24.0 Å². The van der Waals surface area contributed by atoms with Crippen LogP contribution in [0.2, 0.25) is 0 Å². The lowest BCUT2D eigenvalue weighted by Crippen LogP contribution is -2.41. The molecule has 2 atom stereocenters. The average Bonchev–Trinajstić information content (AvgIpc) is 3.44. The van der Waals surface area contributed by atoms with Crippen molar-refractivity contribution in [1.82, 2.24) is 10.6 Å². The SMILES string of the molecule is CCNC(=NCC(O)COCC1CC1)NC1CCOc2ccccc21.I. The molecule has 0 bridgehead atoms. The standard InChI is InChI=1S/C19H29N3O3.HI/c1-2-20-19(21-11-15(23)13-24-12-14-7-8-14)22-17-9-10-25-18-6-4-3-5-16(17)18;/h3-6,14-15,17,23H,2,7-13H2,1H3,(H2,20,21,22);1H. The molecule has 1 aromatic rings. The zero-order valence-corrected chi connectivity index (χ0v) is 17.6. The van der Waals surface area contributed by atoms with Crippen LogP contribution in [0.4, 0.5) is 0 Å². The zero-order chi connectivity index (χ0) is 17.5. The summed E-state index contributed by atoms with van der Waals surface area (Å²) in [5.74, 6) is 2.35. The highest BCUT2D eigenvalue weighted by atomic mass is 127. The van der Waals surface area contributed by atoms with Crippen LogP contribution < -0.4 is 15.4 Å². The Labute approximate surface area is 172 Å². The molecular weight excluding hydrogens is 445 g/mol. The normalized spacial score (nSPS) is 20.4. The molecule has 0 amide bonds. The van der Waals surface area contributed by atoms with Gasteiger partial charge in [0.1, 0.15) is 5.75 Å². The van der Waals surface area contributed by atoms with E-state index < -0.39 is 6.10 Å². The van der Waals surface area contributed by atoms with Crippen molar-refractivity contribution < 1.29 is 14.6 Å². The molecule has 1 aliphatic carbocycles. The number of hydrogen-bond donors (Lipinski definition) is 3. The third-order valence-electron chi connectivity index (χ3n) is 4.43. The van der Waals surface area contributed by atoms with Gasteiger partial charge in [-0.3, -0.25) is 4.99 Å². The number of ether oxygens (including phenoxy) is 2. The van der Waals surface area contributed by atoms with E-state index in [9.17, 15) is 5.11 Å². The first kappa shape index (κ1) is 21.2. The second-order valence-electron chi connectivity index (χ2n) is 6.73. The molecule has 1 aromatic carbocycles. The van der Waals surface area contributed by atoms with Gasteiger partial charge in [-0.15, -0.1) is 24.0 Å². The molecule has 26 heavy (non-hydrogen) atoms. The Balaban J connectivity index is 0.00000243. The third kappa shape index (κ3) is 6.59. The summed E-state index contributed by atoms with van der Waals surface area (Å²) in [6.07, 6.45) is 2.83. The number of aliphatic hydroxyl groups is 1. The minimum absolute atomic E-state index is 0. The summed E-state index contributed by atoms with van der Waals surface area (Å²) in [6, 6.07) is 8.24. The van der Waals surface area contributed by atoms with Crippen LogP contribution in [-0.2, 0) is 4.74 Å². The molecule has 0 radical (unpaired) electrons. The van der Waals surface area contributed by atoms with Gasteiger partial charge in [-0.2, -0.15) is 0 Å². The van der Waals surface area contributed by atoms with Gasteiger partial charge in [-0.25, -0.2) is 0 Å². The lowest BCUT2D eigenvalue weighted by Gasteiger charge is -2.28. The number of para-hydroxylation sites is 1. The van der Waals surface area contributed by atoms with E-state index >= 15 is 0 Å². The number of benzene rings is 1. The highest BCUT2D eigenvalue weighted by molar-refractivity contribution is 14.0. The number of rotatable bonds is 8. The fraction of sp³-hybridized carbons (Fsp3) is 0.632. The Hall–Kier alpha value is -1.06. The van der Waals surface area contributed by atoms with Crippen molar-refractivity contribution in [1.29, 1.82) is 0 Å². The lowest BCUT2D eigenvalue weighted by molar-refractivity contribution is 0.0368. The van der Waals surface area contributed by atoms with E-state index in [4.69, 9.17) is 9.47 Å². The van der Waals surface area contributed by atoms with E-state index in [-0.39, 0.29) is 30.0 Å². The molecule has 1 fully saturated rings. The number of aliphatic imine (C=N–C) groups is 1. The topological polar surface area (TPSA) is 75.1 Å². The summed E-state index contributed by atoms with van der Waals surface area (Å²) in [5.41, 5.74) is 1.15. The first-order chi connectivity index (χ1) is 12.3. The highest BCUT2D eigenvalue weighted by Crippen LogP contribution is 2.31. The van der Waals surface area contributed by atoms with Crippen LogP contribution in [0, 0.1) is 5.92 Å². The maximum Gasteiger partial charge on any atom is 0.191 e. The Kier molecular flexibility index (Phi) is 8.94. The highest BCUT2D eigenvalue weighted by Gasteiger charge is 2.23. The van der Waals surface area contributed by atoms with E-state index in [0.717, 1.165) is 30.9 Å². The second-order valence-corrected chi connectivity index (χ2v) is 6.73. The van der Waals surface area contributed by atoms with Crippen LogP contribution in [0.3, 0.4) is 0 Å². The summed E-state index contributed by atoms with van der Waals surface area (Å²) in [5, 5.41) is 16.8. The quantitative estimate of drug-likeness (QED) is 0.306. The first-order valence-corrected chi connectivity index (χ1v) is 9.28. The molecule has 1 heterocycles. The Morgan fingerprint density at radius 2 is 2.15 bits per heavy atom. The van der Waals surface area contributed by atoms with E-state index in [1.165, 1.54) is 12.8 Å². The van der Waals surface area contributed by atoms with Crippen molar-refractivity contribution in [2.45, 2.75) is 38.3 Å². The number of hydrogen-bond acceptors (Lipinski definition) is 4. The van der Waals surface area contributed by atoms with Crippen molar-refractivity contribution in [3.8, 4) is 5.75 Å². The van der Waals surface area contributed by atoms with Crippen molar-refractivity contribution >= 4 is 29.9 Å². The molecule has 0 aromatic heterocycles. The van der Waals surface area contributed by atoms with E-state index in [0.29, 0.717) is 31.6 Å². The monoisotopic (exact) mass is 475 g/mol. The summed E-state index contributed by atoms with van der Waals surface area (Å²) >= 11 is 0. The van der Waals surface area contributed by atoms with Crippen LogP contribution in [0.15, 0.2) is 29.3 Å². The van der Waals surface area contributed by atoms with Gasteiger partial charge in [-0.1, -0.05) is 18.2 Å². The molecule has 146 valence electrons. The summed E-state index contributed by atoms with van der Waals surface area (Å²) in [4.78, 5) is 4.52. The summed E-state index contributed by atoms with van der Waals surface area (Å²) in [6.45, 7) is 4.92. The molecule has 6 nitrogen and oxygen atoms in total. The van der Waals surface area contributed by atoms with Crippen molar-refractivity contribution in [2.75, 3.05) is 32.9 Å². The smallest absolute Gasteiger partial charge is 0.191 e. The molecule has 2 unspecified atom stereocenters. The largest absolute Gasteiger partial charge is 0.493 e. The van der Waals surface area contributed by atoms with Gasteiger partial charge < -0.3 is 25.2 Å². The van der Waals surface area contributed by atoms with Gasteiger partial charge >= 0.3 is 0 Å². The third-order valence-corrected chi connectivity index (χ3v) is 4.43. The molecule has 3 N–H and O–H groups in total. The molecule has 0 saturated heterocycles. The number of guanidine groups is 1.